The van der Waals surface area contributed by atoms with Crippen LogP contribution in [0.4, 0.5) is 10.5 Å². The van der Waals surface area contributed by atoms with Crippen LogP contribution in [0.25, 0.3) is 0 Å². The highest BCUT2D eigenvalue weighted by atomic mass is 32.2. The largest absolute Gasteiger partial charge is 0.508 e. The smallest absolute Gasteiger partial charge is 0.323 e. The summed E-state index contributed by atoms with van der Waals surface area (Å²) in [5.41, 5.74) is 0.416. The molecule has 20 heavy (non-hydrogen) atoms. The molecule has 110 valence electrons. The van der Waals surface area contributed by atoms with E-state index in [-0.39, 0.29) is 11.0 Å². The number of nitrogens with one attached hydrogen (secondary N) is 1. The van der Waals surface area contributed by atoms with Crippen LogP contribution in [0.2, 0.25) is 0 Å². The van der Waals surface area contributed by atoms with E-state index < -0.39 is 18.5 Å². The van der Waals surface area contributed by atoms with Gasteiger partial charge in [0.1, 0.15) is 12.3 Å². The maximum atomic E-state index is 12.1. The van der Waals surface area contributed by atoms with Gasteiger partial charge in [0.25, 0.3) is 0 Å². The molecule has 0 aliphatic heterocycles. The number of aromatic hydroxyl groups is 1. The molecule has 1 atom stereocenters. The maximum Gasteiger partial charge on any atom is 0.323 e. The molecule has 1 aromatic rings. The lowest BCUT2D eigenvalue weighted by Crippen LogP contribution is -2.44. The number of benzene rings is 1. The summed E-state index contributed by atoms with van der Waals surface area (Å²) in [6.45, 7) is 1.98. The van der Waals surface area contributed by atoms with Crippen LogP contribution < -0.4 is 10.2 Å². The minimum atomic E-state index is -1.11. The first-order chi connectivity index (χ1) is 9.43. The zero-order valence-corrected chi connectivity index (χ0v) is 12.2. The number of thioether (sulfide) groups is 1. The predicted molar refractivity (Wildman–Crippen MR) is 79.5 cm³/mol. The summed E-state index contributed by atoms with van der Waals surface area (Å²) < 4.78 is 0. The van der Waals surface area contributed by atoms with Crippen LogP contribution in [-0.2, 0) is 4.79 Å². The molecule has 0 spiro atoms. The Morgan fingerprint density at radius 1 is 1.35 bits per heavy atom. The highest BCUT2D eigenvalue weighted by Crippen LogP contribution is 2.18. The fourth-order valence-electron chi connectivity index (χ4n) is 1.46. The first kappa shape index (κ1) is 16.2. The van der Waals surface area contributed by atoms with E-state index >= 15 is 0 Å². The molecule has 0 aromatic heterocycles. The van der Waals surface area contributed by atoms with Crippen LogP contribution in [0.15, 0.2) is 24.3 Å². The normalized spacial score (nSPS) is 11.7. The molecular formula is C13H18N2O4S. The SMILES string of the molecule is CSC(C)CNC(=O)N(CC(=O)O)c1ccc(O)cc1. The number of amides is 2. The quantitative estimate of drug-likeness (QED) is 0.744. The Balaban J connectivity index is 2.80. The minimum absolute atomic E-state index is 0.0560. The highest BCUT2D eigenvalue weighted by molar-refractivity contribution is 7.99. The molecule has 6 nitrogen and oxygen atoms in total. The Hall–Kier alpha value is -1.89. The number of phenolic OH excluding ortho intramolecular Hbond substituents is 1. The molecule has 0 heterocycles. The van der Waals surface area contributed by atoms with Crippen molar-refractivity contribution in [1.82, 2.24) is 5.32 Å². The molecule has 0 saturated heterocycles. The van der Waals surface area contributed by atoms with Crippen molar-refractivity contribution in [1.29, 1.82) is 0 Å². The van der Waals surface area contributed by atoms with E-state index in [1.807, 2.05) is 13.2 Å². The Bertz CT molecular complexity index is 464. The van der Waals surface area contributed by atoms with Crippen molar-refractivity contribution >= 4 is 29.4 Å². The van der Waals surface area contributed by atoms with Crippen molar-refractivity contribution < 1.29 is 19.8 Å². The number of urea groups is 1. The third-order valence-electron chi connectivity index (χ3n) is 2.64. The van der Waals surface area contributed by atoms with Gasteiger partial charge in [-0.25, -0.2) is 4.79 Å². The van der Waals surface area contributed by atoms with Crippen LogP contribution in [0.5, 0.6) is 5.75 Å². The van der Waals surface area contributed by atoms with Crippen LogP contribution in [0.1, 0.15) is 6.92 Å². The molecule has 1 aromatic carbocycles. The molecule has 0 aliphatic rings. The molecule has 2 amide bonds. The van der Waals surface area contributed by atoms with E-state index in [9.17, 15) is 14.7 Å². The third-order valence-corrected chi connectivity index (χ3v) is 3.61. The molecule has 1 rings (SSSR count). The number of carboxylic acids is 1. The molecule has 0 bridgehead atoms. The van der Waals surface area contributed by atoms with Gasteiger partial charge in [-0.05, 0) is 30.5 Å². The van der Waals surface area contributed by atoms with Crippen molar-refractivity contribution in [3.8, 4) is 5.75 Å². The molecule has 3 N–H and O–H groups in total. The number of carbonyl (C=O) groups excluding carboxylic acids is 1. The lowest BCUT2D eigenvalue weighted by molar-refractivity contribution is -0.135. The van der Waals surface area contributed by atoms with Crippen LogP contribution in [0.3, 0.4) is 0 Å². The standard InChI is InChI=1S/C13H18N2O4S/c1-9(20-2)7-14-13(19)15(8-12(17)18)10-3-5-11(16)6-4-10/h3-6,9,16H,7-8H2,1-2H3,(H,14,19)(H,17,18). The second-order valence-electron chi connectivity index (χ2n) is 4.23. The predicted octanol–water partition coefficient (Wildman–Crippen LogP) is 1.74. The van der Waals surface area contributed by atoms with Gasteiger partial charge in [0.05, 0.1) is 0 Å². The molecule has 0 saturated carbocycles. The van der Waals surface area contributed by atoms with Crippen molar-refractivity contribution in [2.45, 2.75) is 12.2 Å². The molecule has 0 aliphatic carbocycles. The van der Waals surface area contributed by atoms with E-state index in [1.54, 1.807) is 11.8 Å². The zero-order chi connectivity index (χ0) is 15.1. The number of carboxylic acid groups (broad SMARTS) is 1. The molecule has 1 unspecified atom stereocenters. The number of carbonyl (C=O) groups is 2. The van der Waals surface area contributed by atoms with Crippen molar-refractivity contribution in [3.63, 3.8) is 0 Å². The number of hydrogen-bond donors (Lipinski definition) is 3. The van der Waals surface area contributed by atoms with Crippen molar-refractivity contribution in [2.24, 2.45) is 0 Å². The van der Waals surface area contributed by atoms with Gasteiger partial charge in [0.2, 0.25) is 0 Å². The Morgan fingerprint density at radius 3 is 2.45 bits per heavy atom. The molecular weight excluding hydrogens is 280 g/mol. The summed E-state index contributed by atoms with van der Waals surface area (Å²) in [6.07, 6.45) is 1.94. The maximum absolute atomic E-state index is 12.1. The summed E-state index contributed by atoms with van der Waals surface area (Å²) in [5, 5.41) is 21.1. The fourth-order valence-corrected chi connectivity index (χ4v) is 1.71. The average molecular weight is 298 g/mol. The van der Waals surface area contributed by atoms with Crippen LogP contribution in [-0.4, -0.2) is 46.8 Å². The van der Waals surface area contributed by atoms with E-state index in [0.717, 1.165) is 4.90 Å². The van der Waals surface area contributed by atoms with Crippen LogP contribution >= 0.6 is 11.8 Å². The fraction of sp³-hybridized carbons (Fsp3) is 0.385. The second kappa shape index (κ2) is 7.64. The lowest BCUT2D eigenvalue weighted by atomic mass is 10.2. The first-order valence-electron chi connectivity index (χ1n) is 6.03. The summed E-state index contributed by atoms with van der Waals surface area (Å²) in [6, 6.07) is 5.33. The van der Waals surface area contributed by atoms with Crippen molar-refractivity contribution in [2.75, 3.05) is 24.2 Å². The van der Waals surface area contributed by atoms with Gasteiger partial charge in [-0.1, -0.05) is 6.92 Å². The topological polar surface area (TPSA) is 89.9 Å². The van der Waals surface area contributed by atoms with E-state index in [2.05, 4.69) is 5.32 Å². The summed E-state index contributed by atoms with van der Waals surface area (Å²) in [4.78, 5) is 24.1. The highest BCUT2D eigenvalue weighted by Gasteiger charge is 2.19. The second-order valence-corrected chi connectivity index (χ2v) is 5.50. The van der Waals surface area contributed by atoms with Gasteiger partial charge in [-0.3, -0.25) is 9.69 Å². The van der Waals surface area contributed by atoms with E-state index in [4.69, 9.17) is 5.11 Å². The Labute approximate surface area is 121 Å². The number of hydrogen-bond acceptors (Lipinski definition) is 4. The monoisotopic (exact) mass is 298 g/mol. The van der Waals surface area contributed by atoms with Gasteiger partial charge < -0.3 is 15.5 Å². The van der Waals surface area contributed by atoms with E-state index in [1.165, 1.54) is 24.3 Å². The number of phenols is 1. The zero-order valence-electron chi connectivity index (χ0n) is 11.4. The third kappa shape index (κ3) is 5.00. The minimum Gasteiger partial charge on any atom is -0.508 e. The Kier molecular flexibility index (Phi) is 6.17. The summed E-state index contributed by atoms with van der Waals surface area (Å²) >= 11 is 1.61. The Morgan fingerprint density at radius 2 is 1.95 bits per heavy atom. The van der Waals surface area contributed by atoms with Gasteiger partial charge in [-0.15, -0.1) is 0 Å². The summed E-state index contributed by atoms with van der Waals surface area (Å²) in [7, 11) is 0. The number of anilines is 1. The van der Waals surface area contributed by atoms with Crippen molar-refractivity contribution in [3.05, 3.63) is 24.3 Å². The van der Waals surface area contributed by atoms with E-state index in [0.29, 0.717) is 12.2 Å². The number of aliphatic carboxylic acids is 1. The molecule has 0 radical (unpaired) electrons. The lowest BCUT2D eigenvalue weighted by Gasteiger charge is -2.22. The summed E-state index contributed by atoms with van der Waals surface area (Å²) in [5.74, 6) is -1.05. The molecule has 0 fully saturated rings. The average Bonchev–Trinajstić information content (AvgIpc) is 2.42. The van der Waals surface area contributed by atoms with Gasteiger partial charge in [-0.2, -0.15) is 11.8 Å². The first-order valence-corrected chi connectivity index (χ1v) is 7.31. The van der Waals surface area contributed by atoms with Crippen LogP contribution in [0, 0.1) is 0 Å². The van der Waals surface area contributed by atoms with Gasteiger partial charge in [0, 0.05) is 17.5 Å². The molecule has 7 heteroatoms. The van der Waals surface area contributed by atoms with Gasteiger partial charge in [0.15, 0.2) is 0 Å². The number of nitrogens with zero attached hydrogens (tertiary/aromatic N) is 1. The number of rotatable bonds is 6. The van der Waals surface area contributed by atoms with Gasteiger partial charge >= 0.3 is 12.0 Å².